The molecule has 1 atom stereocenters. The minimum absolute atomic E-state index is 0.256. The number of hydrogen-bond acceptors (Lipinski definition) is 1. The van der Waals surface area contributed by atoms with Gasteiger partial charge in [-0.05, 0) is 34.8 Å². The molecule has 0 saturated carbocycles. The fourth-order valence-electron chi connectivity index (χ4n) is 2.43. The standard InChI is InChI=1S/C15H14O/c16-13-9-8-12(10-13)15-7-3-5-11-4-1-2-6-14(11)15/h1-7,10,13,16H,8-9H2. The van der Waals surface area contributed by atoms with Gasteiger partial charge >= 0.3 is 0 Å². The van der Waals surface area contributed by atoms with Crippen LogP contribution in [0.15, 0.2) is 48.5 Å². The maximum atomic E-state index is 9.56. The normalized spacial score (nSPS) is 20.1. The predicted molar refractivity (Wildman–Crippen MR) is 67.2 cm³/mol. The Kier molecular flexibility index (Phi) is 2.26. The third kappa shape index (κ3) is 1.54. The average Bonchev–Trinajstić information content (AvgIpc) is 2.75. The number of allylic oxidation sites excluding steroid dienone is 1. The second kappa shape index (κ2) is 3.76. The molecule has 1 aliphatic carbocycles. The van der Waals surface area contributed by atoms with E-state index >= 15 is 0 Å². The molecule has 1 aliphatic rings. The molecule has 1 N–H and O–H groups in total. The summed E-state index contributed by atoms with van der Waals surface area (Å²) in [5, 5.41) is 12.1. The summed E-state index contributed by atoms with van der Waals surface area (Å²) >= 11 is 0. The zero-order valence-corrected chi connectivity index (χ0v) is 9.06. The lowest BCUT2D eigenvalue weighted by molar-refractivity contribution is 0.223. The Hall–Kier alpha value is -1.60. The van der Waals surface area contributed by atoms with E-state index < -0.39 is 0 Å². The van der Waals surface area contributed by atoms with Crippen LogP contribution in [0, 0.1) is 0 Å². The fourth-order valence-corrected chi connectivity index (χ4v) is 2.43. The number of hydrogen-bond donors (Lipinski definition) is 1. The minimum atomic E-state index is -0.256. The molecule has 0 spiro atoms. The van der Waals surface area contributed by atoms with Gasteiger partial charge in [0.1, 0.15) is 0 Å². The van der Waals surface area contributed by atoms with E-state index in [1.165, 1.54) is 21.9 Å². The zero-order valence-electron chi connectivity index (χ0n) is 9.06. The fraction of sp³-hybridized carbons (Fsp3) is 0.200. The van der Waals surface area contributed by atoms with Crippen LogP contribution >= 0.6 is 0 Å². The third-order valence-corrected chi connectivity index (χ3v) is 3.24. The van der Waals surface area contributed by atoms with E-state index in [1.807, 2.05) is 6.08 Å². The van der Waals surface area contributed by atoms with Crippen LogP contribution in [0.5, 0.6) is 0 Å². The molecule has 1 unspecified atom stereocenters. The van der Waals surface area contributed by atoms with Crippen molar-refractivity contribution in [2.24, 2.45) is 0 Å². The SMILES string of the molecule is OC1C=C(c2cccc3ccccc23)CC1. The molecule has 0 aliphatic heterocycles. The number of benzene rings is 2. The molecule has 1 nitrogen and oxygen atoms in total. The van der Waals surface area contributed by atoms with Gasteiger partial charge < -0.3 is 5.11 Å². The molecule has 1 heteroatoms. The molecule has 2 aromatic carbocycles. The molecule has 0 saturated heterocycles. The molecule has 0 aromatic heterocycles. The lowest BCUT2D eigenvalue weighted by Gasteiger charge is -2.06. The largest absolute Gasteiger partial charge is 0.389 e. The summed E-state index contributed by atoms with van der Waals surface area (Å²) in [7, 11) is 0. The van der Waals surface area contributed by atoms with E-state index in [4.69, 9.17) is 0 Å². The van der Waals surface area contributed by atoms with Crippen molar-refractivity contribution in [1.29, 1.82) is 0 Å². The molecule has 80 valence electrons. The van der Waals surface area contributed by atoms with Crippen molar-refractivity contribution in [2.75, 3.05) is 0 Å². The molecule has 0 fully saturated rings. The van der Waals surface area contributed by atoms with Crippen molar-refractivity contribution >= 4 is 16.3 Å². The highest BCUT2D eigenvalue weighted by Crippen LogP contribution is 2.32. The van der Waals surface area contributed by atoms with Crippen LogP contribution in [0.3, 0.4) is 0 Å². The van der Waals surface area contributed by atoms with Gasteiger partial charge in [-0.1, -0.05) is 48.5 Å². The van der Waals surface area contributed by atoms with Crippen LogP contribution in [0.4, 0.5) is 0 Å². The molecule has 2 aromatic rings. The Labute approximate surface area is 95.0 Å². The van der Waals surface area contributed by atoms with E-state index in [0.717, 1.165) is 12.8 Å². The highest BCUT2D eigenvalue weighted by molar-refractivity contribution is 5.94. The minimum Gasteiger partial charge on any atom is -0.389 e. The first-order valence-corrected chi connectivity index (χ1v) is 5.71. The first kappa shape index (κ1) is 9.61. The molecular formula is C15H14O. The topological polar surface area (TPSA) is 20.2 Å². The van der Waals surface area contributed by atoms with Gasteiger partial charge in [-0.3, -0.25) is 0 Å². The van der Waals surface area contributed by atoms with Crippen molar-refractivity contribution in [3.8, 4) is 0 Å². The van der Waals surface area contributed by atoms with Crippen LogP contribution in [-0.2, 0) is 0 Å². The summed E-state index contributed by atoms with van der Waals surface area (Å²) in [5.74, 6) is 0. The van der Waals surface area contributed by atoms with Crippen LogP contribution in [0.1, 0.15) is 18.4 Å². The molecule has 0 amide bonds. The molecule has 0 bridgehead atoms. The van der Waals surface area contributed by atoms with Crippen molar-refractivity contribution in [2.45, 2.75) is 18.9 Å². The Balaban J connectivity index is 2.20. The van der Waals surface area contributed by atoms with Crippen LogP contribution in [-0.4, -0.2) is 11.2 Å². The first-order valence-electron chi connectivity index (χ1n) is 5.71. The number of fused-ring (bicyclic) bond motifs is 1. The lowest BCUT2D eigenvalue weighted by atomic mass is 9.98. The maximum absolute atomic E-state index is 9.56. The summed E-state index contributed by atoms with van der Waals surface area (Å²) in [6.07, 6.45) is 3.57. The van der Waals surface area contributed by atoms with Gasteiger partial charge in [-0.25, -0.2) is 0 Å². The smallest absolute Gasteiger partial charge is 0.0730 e. The average molecular weight is 210 g/mol. The van der Waals surface area contributed by atoms with Gasteiger partial charge in [0.2, 0.25) is 0 Å². The summed E-state index contributed by atoms with van der Waals surface area (Å²) in [6.45, 7) is 0. The van der Waals surface area contributed by atoms with Gasteiger partial charge in [0.15, 0.2) is 0 Å². The van der Waals surface area contributed by atoms with Gasteiger partial charge in [0.05, 0.1) is 6.10 Å². The quantitative estimate of drug-likeness (QED) is 0.765. The number of aliphatic hydroxyl groups excluding tert-OH is 1. The summed E-state index contributed by atoms with van der Waals surface area (Å²) < 4.78 is 0. The lowest BCUT2D eigenvalue weighted by Crippen LogP contribution is -1.93. The van der Waals surface area contributed by atoms with Crippen LogP contribution in [0.25, 0.3) is 16.3 Å². The second-order valence-corrected chi connectivity index (χ2v) is 4.32. The van der Waals surface area contributed by atoms with Gasteiger partial charge in [-0.2, -0.15) is 0 Å². The highest BCUT2D eigenvalue weighted by atomic mass is 16.3. The first-order chi connectivity index (χ1) is 7.84. The molecular weight excluding hydrogens is 196 g/mol. The Bertz CT molecular complexity index is 549. The van der Waals surface area contributed by atoms with E-state index in [-0.39, 0.29) is 6.10 Å². The van der Waals surface area contributed by atoms with Crippen LogP contribution < -0.4 is 0 Å². The highest BCUT2D eigenvalue weighted by Gasteiger charge is 2.15. The van der Waals surface area contributed by atoms with E-state index in [1.54, 1.807) is 0 Å². The predicted octanol–water partition coefficient (Wildman–Crippen LogP) is 3.38. The number of rotatable bonds is 1. The van der Waals surface area contributed by atoms with Crippen molar-refractivity contribution < 1.29 is 5.11 Å². The summed E-state index contributed by atoms with van der Waals surface area (Å²) in [6, 6.07) is 14.8. The van der Waals surface area contributed by atoms with Crippen molar-refractivity contribution in [3.63, 3.8) is 0 Å². The monoisotopic (exact) mass is 210 g/mol. The van der Waals surface area contributed by atoms with Gasteiger partial charge in [0, 0.05) is 0 Å². The van der Waals surface area contributed by atoms with E-state index in [2.05, 4.69) is 42.5 Å². The third-order valence-electron chi connectivity index (χ3n) is 3.24. The summed E-state index contributed by atoms with van der Waals surface area (Å²) in [5.41, 5.74) is 2.55. The van der Waals surface area contributed by atoms with Crippen LogP contribution in [0.2, 0.25) is 0 Å². The van der Waals surface area contributed by atoms with Gasteiger partial charge in [-0.15, -0.1) is 0 Å². The van der Waals surface area contributed by atoms with E-state index in [0.29, 0.717) is 0 Å². The molecule has 0 heterocycles. The molecule has 0 radical (unpaired) electrons. The maximum Gasteiger partial charge on any atom is 0.0730 e. The molecule has 3 rings (SSSR count). The van der Waals surface area contributed by atoms with Crippen molar-refractivity contribution in [1.82, 2.24) is 0 Å². The van der Waals surface area contributed by atoms with E-state index in [9.17, 15) is 5.11 Å². The van der Waals surface area contributed by atoms with Crippen molar-refractivity contribution in [3.05, 3.63) is 54.1 Å². The summed E-state index contributed by atoms with van der Waals surface area (Å²) in [4.78, 5) is 0. The molecule has 16 heavy (non-hydrogen) atoms. The Morgan fingerprint density at radius 3 is 2.62 bits per heavy atom. The Morgan fingerprint density at radius 2 is 1.81 bits per heavy atom. The zero-order chi connectivity index (χ0) is 11.0. The number of aliphatic hydroxyl groups is 1. The Morgan fingerprint density at radius 1 is 1.00 bits per heavy atom. The van der Waals surface area contributed by atoms with Gasteiger partial charge in [0.25, 0.3) is 0 Å². The second-order valence-electron chi connectivity index (χ2n) is 4.32.